The molecule has 3 aliphatic rings. The molecule has 3 aliphatic heterocycles. The quantitative estimate of drug-likeness (QED) is 0.140. The second-order valence-corrected chi connectivity index (χ2v) is 13.7. The van der Waals surface area contributed by atoms with Crippen LogP contribution in [0.25, 0.3) is 28.0 Å². The third kappa shape index (κ3) is 5.18. The minimum Gasteiger partial charge on any atom is -0.462 e. The summed E-state index contributed by atoms with van der Waals surface area (Å²) >= 11 is 0. The number of fused-ring (bicyclic) bond motifs is 4. The summed E-state index contributed by atoms with van der Waals surface area (Å²) in [6.45, 7) is 16.9. The van der Waals surface area contributed by atoms with E-state index < -0.39 is 5.72 Å². The Morgan fingerprint density at radius 2 is 1.37 bits per heavy atom. The molecule has 1 unspecified atom stereocenters. The molecule has 1 atom stereocenters. The number of hydrogen-bond acceptors (Lipinski definition) is 5. The summed E-state index contributed by atoms with van der Waals surface area (Å²) in [7, 11) is 4.12. The smallest absolute Gasteiger partial charge is 0.270 e. The summed E-state index contributed by atoms with van der Waals surface area (Å²) in [5.74, 6) is 0.663. The Balaban J connectivity index is 0.000000232. The van der Waals surface area contributed by atoms with E-state index in [-0.39, 0.29) is 21.4 Å². The second-order valence-electron chi connectivity index (χ2n) is 13.7. The molecule has 5 aromatic carbocycles. The summed E-state index contributed by atoms with van der Waals surface area (Å²) in [4.78, 5) is 15.8. The highest BCUT2D eigenvalue weighted by Crippen LogP contribution is 2.56. The fraction of sp³-hybridized carbons (Fsp3) is 0.256. The first-order chi connectivity index (χ1) is 23.4. The van der Waals surface area contributed by atoms with E-state index in [0.717, 1.165) is 27.6 Å². The monoisotopic (exact) mass is 651 g/mol. The normalized spacial score (nSPS) is 18.8. The zero-order chi connectivity index (χ0) is 35.3. The average Bonchev–Trinajstić information content (AvgIpc) is 3.40. The van der Waals surface area contributed by atoms with Crippen molar-refractivity contribution in [3.8, 4) is 16.9 Å². The minimum absolute atomic E-state index is 0.0495. The van der Waals surface area contributed by atoms with E-state index in [1.165, 1.54) is 22.5 Å². The van der Waals surface area contributed by atoms with E-state index in [9.17, 15) is 10.1 Å². The van der Waals surface area contributed by atoms with Crippen molar-refractivity contribution >= 4 is 33.9 Å². The van der Waals surface area contributed by atoms with Gasteiger partial charge in [0.05, 0.1) is 10.3 Å². The fourth-order valence-corrected chi connectivity index (χ4v) is 7.56. The van der Waals surface area contributed by atoms with Crippen LogP contribution in [0.4, 0.5) is 17.1 Å². The summed E-state index contributed by atoms with van der Waals surface area (Å²) in [5.41, 5.74) is 7.52. The van der Waals surface area contributed by atoms with Gasteiger partial charge in [-0.3, -0.25) is 10.1 Å². The number of hydrogen-bond donors (Lipinski definition) is 0. The van der Waals surface area contributed by atoms with Crippen molar-refractivity contribution in [2.45, 2.75) is 58.1 Å². The highest BCUT2D eigenvalue weighted by molar-refractivity contribution is 5.90. The number of nitrogens with zero attached hydrogens (tertiary/aromatic N) is 3. The van der Waals surface area contributed by atoms with Crippen molar-refractivity contribution in [2.75, 3.05) is 23.9 Å². The van der Waals surface area contributed by atoms with Crippen LogP contribution >= 0.6 is 0 Å². The number of nitro groups is 1. The standard InChI is InChI=1S/C29H24N2O3.C12H15N.C2H6/c1-28(2)25-10-6-7-11-26(25)30(3)29(28)15-14-22-17-23(31(32)33)18-24(27(22)34-29)21-13-12-19-8-4-5-9-20(19)16-21;1-9-12(2,3)10-7-5-6-8-11(10)13(9)4;1-2/h4-18H,1-3H3;5-8H,1H2,2-4H3;1-2H3. The molecule has 0 bridgehead atoms. The predicted molar refractivity (Wildman–Crippen MR) is 205 cm³/mol. The largest absolute Gasteiger partial charge is 0.462 e. The molecule has 0 amide bonds. The fourth-order valence-electron chi connectivity index (χ4n) is 7.56. The molecule has 1 spiro atoms. The van der Waals surface area contributed by atoms with Crippen LogP contribution in [-0.4, -0.2) is 24.7 Å². The first-order valence-corrected chi connectivity index (χ1v) is 16.9. The van der Waals surface area contributed by atoms with E-state index in [1.807, 2.05) is 63.4 Å². The van der Waals surface area contributed by atoms with Gasteiger partial charge in [-0.05, 0) is 71.7 Å². The summed E-state index contributed by atoms with van der Waals surface area (Å²) in [5, 5.41) is 14.0. The van der Waals surface area contributed by atoms with Crippen LogP contribution in [0.1, 0.15) is 58.2 Å². The molecular formula is C43H45N3O3. The lowest BCUT2D eigenvalue weighted by Crippen LogP contribution is -2.58. The number of nitro benzene ring substituents is 1. The summed E-state index contributed by atoms with van der Waals surface area (Å²) < 4.78 is 6.94. The lowest BCUT2D eigenvalue weighted by molar-refractivity contribution is -0.384. The summed E-state index contributed by atoms with van der Waals surface area (Å²) in [6, 6.07) is 34.3. The Hall–Kier alpha value is -5.36. The molecule has 49 heavy (non-hydrogen) atoms. The highest BCUT2D eigenvalue weighted by Gasteiger charge is 2.57. The molecule has 5 aromatic rings. The predicted octanol–water partition coefficient (Wildman–Crippen LogP) is 10.9. The molecule has 8 rings (SSSR count). The van der Waals surface area contributed by atoms with E-state index in [1.54, 1.807) is 12.1 Å². The molecule has 0 N–H and O–H groups in total. The summed E-state index contributed by atoms with van der Waals surface area (Å²) in [6.07, 6.45) is 4.02. The second kappa shape index (κ2) is 12.3. The molecule has 250 valence electrons. The maximum atomic E-state index is 11.8. The number of ether oxygens (including phenoxy) is 1. The Labute approximate surface area is 290 Å². The lowest BCUT2D eigenvalue weighted by atomic mass is 9.76. The van der Waals surface area contributed by atoms with Crippen LogP contribution in [0.3, 0.4) is 0 Å². The minimum atomic E-state index is -0.759. The van der Waals surface area contributed by atoms with Gasteiger partial charge in [-0.1, -0.05) is 107 Å². The van der Waals surface area contributed by atoms with Crippen molar-refractivity contribution in [2.24, 2.45) is 0 Å². The number of benzene rings is 5. The van der Waals surface area contributed by atoms with E-state index in [2.05, 4.69) is 112 Å². The SMILES string of the molecule is C=C1N(C)c2ccccc2C1(C)C.CC.CN1c2ccccc2C(C)(C)C12C=Cc1cc([N+](=O)[O-])cc(-c3ccc4ccccc4c3)c1O2. The molecule has 0 saturated heterocycles. The number of non-ortho nitro benzene ring substituents is 1. The zero-order valence-electron chi connectivity index (χ0n) is 29.7. The third-order valence-corrected chi connectivity index (χ3v) is 10.5. The number of likely N-dealkylation sites (N-methyl/N-ethyl adjacent to an activating group) is 2. The van der Waals surface area contributed by atoms with Crippen molar-refractivity contribution in [3.63, 3.8) is 0 Å². The third-order valence-electron chi connectivity index (χ3n) is 10.5. The van der Waals surface area contributed by atoms with Crippen LogP contribution in [0.2, 0.25) is 0 Å². The molecule has 0 aromatic heterocycles. The number of anilines is 2. The Kier molecular flexibility index (Phi) is 8.39. The molecule has 0 saturated carbocycles. The van der Waals surface area contributed by atoms with Crippen LogP contribution in [0.15, 0.2) is 121 Å². The van der Waals surface area contributed by atoms with E-state index in [0.29, 0.717) is 11.3 Å². The van der Waals surface area contributed by atoms with Crippen LogP contribution < -0.4 is 14.5 Å². The zero-order valence-corrected chi connectivity index (χ0v) is 29.7. The Morgan fingerprint density at radius 1 is 0.755 bits per heavy atom. The van der Waals surface area contributed by atoms with Crippen molar-refractivity contribution in [1.29, 1.82) is 0 Å². The molecule has 3 heterocycles. The average molecular weight is 652 g/mol. The Bertz CT molecular complexity index is 2130. The molecular weight excluding hydrogens is 606 g/mol. The lowest BCUT2D eigenvalue weighted by Gasteiger charge is -2.46. The molecule has 6 heteroatoms. The topological polar surface area (TPSA) is 58.9 Å². The van der Waals surface area contributed by atoms with Crippen molar-refractivity contribution in [1.82, 2.24) is 0 Å². The van der Waals surface area contributed by atoms with Gasteiger partial charge in [-0.25, -0.2) is 0 Å². The first-order valence-electron chi connectivity index (χ1n) is 16.9. The first kappa shape index (κ1) is 33.5. The van der Waals surface area contributed by atoms with E-state index in [4.69, 9.17) is 4.74 Å². The van der Waals surface area contributed by atoms with Crippen molar-refractivity contribution < 1.29 is 9.66 Å². The number of para-hydroxylation sites is 2. The Morgan fingerprint density at radius 3 is 2.02 bits per heavy atom. The van der Waals surface area contributed by atoms with Gasteiger partial charge in [0.25, 0.3) is 5.69 Å². The molecule has 0 fully saturated rings. The number of rotatable bonds is 2. The van der Waals surface area contributed by atoms with Gasteiger partial charge in [-0.2, -0.15) is 0 Å². The van der Waals surface area contributed by atoms with Gasteiger partial charge in [0.1, 0.15) is 5.75 Å². The van der Waals surface area contributed by atoms with Gasteiger partial charge in [-0.15, -0.1) is 0 Å². The van der Waals surface area contributed by atoms with Gasteiger partial charge < -0.3 is 14.5 Å². The van der Waals surface area contributed by atoms with Gasteiger partial charge >= 0.3 is 0 Å². The molecule has 0 aliphatic carbocycles. The maximum absolute atomic E-state index is 11.8. The van der Waals surface area contributed by atoms with E-state index >= 15 is 0 Å². The molecule has 0 radical (unpaired) electrons. The van der Waals surface area contributed by atoms with Crippen LogP contribution in [0.5, 0.6) is 5.75 Å². The van der Waals surface area contributed by atoms with Crippen LogP contribution in [0, 0.1) is 10.1 Å². The van der Waals surface area contributed by atoms with Gasteiger partial charge in [0.2, 0.25) is 5.72 Å². The number of allylic oxidation sites excluding steroid dienone is 1. The highest BCUT2D eigenvalue weighted by atomic mass is 16.6. The van der Waals surface area contributed by atoms with Gasteiger partial charge in [0.15, 0.2) is 0 Å². The van der Waals surface area contributed by atoms with Crippen molar-refractivity contribution in [3.05, 3.63) is 148 Å². The van der Waals surface area contributed by atoms with Gasteiger partial charge in [0, 0.05) is 59.8 Å². The molecule has 6 nitrogen and oxygen atoms in total. The maximum Gasteiger partial charge on any atom is 0.270 e. The van der Waals surface area contributed by atoms with Crippen LogP contribution in [-0.2, 0) is 10.8 Å².